The van der Waals surface area contributed by atoms with Gasteiger partial charge in [-0.05, 0) is 58.8 Å². The van der Waals surface area contributed by atoms with Crippen molar-refractivity contribution < 1.29 is 9.53 Å². The Hall–Kier alpha value is -0.870. The fourth-order valence-electron chi connectivity index (χ4n) is 2.62. The van der Waals surface area contributed by atoms with Crippen LogP contribution in [0.15, 0.2) is 10.5 Å². The molecule has 0 unspecified atom stereocenters. The molecule has 0 saturated heterocycles. The van der Waals surface area contributed by atoms with Crippen LogP contribution in [0.5, 0.6) is 5.75 Å². The number of benzene rings is 1. The largest absolute Gasteiger partial charge is 0.495 e. The summed E-state index contributed by atoms with van der Waals surface area (Å²) in [5.74, 6) is 0.595. The highest BCUT2D eigenvalue weighted by Gasteiger charge is 2.23. The van der Waals surface area contributed by atoms with Crippen LogP contribution in [-0.4, -0.2) is 19.4 Å². The van der Waals surface area contributed by atoms with Crippen molar-refractivity contribution in [2.24, 2.45) is 5.73 Å². The Morgan fingerprint density at radius 3 is 2.78 bits per heavy atom. The van der Waals surface area contributed by atoms with E-state index < -0.39 is 0 Å². The van der Waals surface area contributed by atoms with Crippen LogP contribution in [-0.2, 0) is 12.8 Å². The maximum absolute atomic E-state index is 12.1. The summed E-state index contributed by atoms with van der Waals surface area (Å²) in [5, 5.41) is 0. The Balaban J connectivity index is 2.64. The lowest BCUT2D eigenvalue weighted by molar-refractivity contribution is 0.0997. The van der Waals surface area contributed by atoms with Crippen molar-refractivity contribution in [1.29, 1.82) is 0 Å². The third kappa shape index (κ3) is 2.45. The predicted octanol–water partition coefficient (Wildman–Crippen LogP) is 2.87. The molecule has 98 valence electrons. The van der Waals surface area contributed by atoms with Crippen molar-refractivity contribution in [3.63, 3.8) is 0 Å². The van der Waals surface area contributed by atoms with E-state index in [1.165, 1.54) is 18.4 Å². The van der Waals surface area contributed by atoms with Crippen LogP contribution in [0.1, 0.15) is 40.7 Å². The molecule has 2 rings (SSSR count). The van der Waals surface area contributed by atoms with Gasteiger partial charge in [-0.3, -0.25) is 4.79 Å². The molecule has 1 aromatic carbocycles. The van der Waals surface area contributed by atoms with Gasteiger partial charge in [-0.2, -0.15) is 0 Å². The molecule has 1 aromatic rings. The van der Waals surface area contributed by atoms with Gasteiger partial charge >= 0.3 is 0 Å². The van der Waals surface area contributed by atoms with Gasteiger partial charge in [0.25, 0.3) is 0 Å². The van der Waals surface area contributed by atoms with Crippen molar-refractivity contribution in [2.45, 2.75) is 32.1 Å². The zero-order chi connectivity index (χ0) is 13.1. The molecule has 2 N–H and O–H groups in total. The summed E-state index contributed by atoms with van der Waals surface area (Å²) in [7, 11) is 1.59. The Morgan fingerprint density at radius 1 is 1.39 bits per heavy atom. The molecular weight excluding hydrogens is 294 g/mol. The lowest BCUT2D eigenvalue weighted by Crippen LogP contribution is -2.18. The molecule has 0 saturated carbocycles. The summed E-state index contributed by atoms with van der Waals surface area (Å²) in [6.07, 6.45) is 5.50. The smallest absolute Gasteiger partial charge is 0.180 e. The molecular formula is C14H18BrNO2. The average Bonchev–Trinajstić information content (AvgIpc) is 2.61. The fourth-order valence-corrected chi connectivity index (χ4v) is 3.26. The topological polar surface area (TPSA) is 52.3 Å². The minimum absolute atomic E-state index is 0.0270. The summed E-state index contributed by atoms with van der Waals surface area (Å²) in [5.41, 5.74) is 8.62. The van der Waals surface area contributed by atoms with Gasteiger partial charge in [0.2, 0.25) is 0 Å². The Morgan fingerprint density at radius 2 is 2.11 bits per heavy atom. The van der Waals surface area contributed by atoms with E-state index in [1.807, 2.05) is 0 Å². The summed E-state index contributed by atoms with van der Waals surface area (Å²) in [4.78, 5) is 12.1. The summed E-state index contributed by atoms with van der Waals surface area (Å²) in [6.45, 7) is 0.0270. The van der Waals surface area contributed by atoms with E-state index in [4.69, 9.17) is 10.5 Å². The Kier molecular flexibility index (Phi) is 4.40. The second-order valence-corrected chi connectivity index (χ2v) is 5.45. The zero-order valence-corrected chi connectivity index (χ0v) is 12.2. The quantitative estimate of drug-likeness (QED) is 0.690. The van der Waals surface area contributed by atoms with E-state index in [1.54, 1.807) is 7.11 Å². The molecule has 0 heterocycles. The van der Waals surface area contributed by atoms with Gasteiger partial charge in [-0.1, -0.05) is 6.42 Å². The van der Waals surface area contributed by atoms with E-state index >= 15 is 0 Å². The summed E-state index contributed by atoms with van der Waals surface area (Å²) in [6, 6.07) is 2.09. The van der Waals surface area contributed by atoms with Crippen LogP contribution in [0.3, 0.4) is 0 Å². The molecule has 0 atom stereocenters. The van der Waals surface area contributed by atoms with Gasteiger partial charge in [0.05, 0.1) is 23.7 Å². The number of carbonyl (C=O) groups excluding carboxylic acids is 1. The van der Waals surface area contributed by atoms with Crippen molar-refractivity contribution in [1.82, 2.24) is 0 Å². The first-order chi connectivity index (χ1) is 8.69. The van der Waals surface area contributed by atoms with Gasteiger partial charge in [0.15, 0.2) is 5.78 Å². The molecule has 1 aliphatic rings. The molecule has 0 aliphatic heterocycles. The van der Waals surface area contributed by atoms with Crippen LogP contribution in [0.2, 0.25) is 0 Å². The number of Topliss-reactive ketones (excluding diaryl/α,β-unsaturated/α-hetero) is 1. The average molecular weight is 312 g/mol. The third-order valence-corrected chi connectivity index (χ3v) is 4.06. The van der Waals surface area contributed by atoms with Crippen LogP contribution in [0, 0.1) is 0 Å². The van der Waals surface area contributed by atoms with Gasteiger partial charge in [0, 0.05) is 0 Å². The number of hydrogen-bond donors (Lipinski definition) is 1. The number of halogens is 1. The van der Waals surface area contributed by atoms with Crippen LogP contribution in [0.4, 0.5) is 0 Å². The second kappa shape index (κ2) is 5.85. The molecule has 1 aliphatic carbocycles. The number of nitrogens with two attached hydrogens (primary N) is 1. The van der Waals surface area contributed by atoms with E-state index in [0.29, 0.717) is 11.3 Å². The highest BCUT2D eigenvalue weighted by Crippen LogP contribution is 2.37. The second-order valence-electron chi connectivity index (χ2n) is 4.59. The number of aryl methyl sites for hydroxylation is 1. The van der Waals surface area contributed by atoms with Gasteiger partial charge in [-0.25, -0.2) is 0 Å². The van der Waals surface area contributed by atoms with Gasteiger partial charge in [0.1, 0.15) is 5.75 Å². The number of carbonyl (C=O) groups is 1. The standard InChI is InChI=1S/C14H18BrNO2/c1-18-14-11(15)7-9-5-3-2-4-6-10(9)13(14)12(17)8-16/h7H,2-6,8,16H2,1H3. The number of hydrogen-bond acceptors (Lipinski definition) is 3. The number of fused-ring (bicyclic) bond motifs is 1. The van der Waals surface area contributed by atoms with Crippen LogP contribution in [0.25, 0.3) is 0 Å². The third-order valence-electron chi connectivity index (χ3n) is 3.48. The van der Waals surface area contributed by atoms with E-state index in [0.717, 1.165) is 29.3 Å². The molecule has 0 amide bonds. The normalized spacial score (nSPS) is 14.8. The summed E-state index contributed by atoms with van der Waals surface area (Å²) < 4.78 is 6.23. The maximum atomic E-state index is 12.1. The first kappa shape index (κ1) is 13.6. The minimum Gasteiger partial charge on any atom is -0.495 e. The number of rotatable bonds is 3. The molecule has 3 nitrogen and oxygen atoms in total. The van der Waals surface area contributed by atoms with Crippen molar-refractivity contribution in [2.75, 3.05) is 13.7 Å². The van der Waals surface area contributed by atoms with Crippen LogP contribution >= 0.6 is 15.9 Å². The van der Waals surface area contributed by atoms with Gasteiger partial charge < -0.3 is 10.5 Å². The molecule has 4 heteroatoms. The molecule has 0 spiro atoms. The van der Waals surface area contributed by atoms with Crippen LogP contribution < -0.4 is 10.5 Å². The predicted molar refractivity (Wildman–Crippen MR) is 75.3 cm³/mol. The number of ether oxygens (including phenoxy) is 1. The van der Waals surface area contributed by atoms with Crippen molar-refractivity contribution in [3.8, 4) is 5.75 Å². The Bertz CT molecular complexity index is 471. The SMILES string of the molecule is COc1c(Br)cc2c(c1C(=O)CN)CCCCC2. The lowest BCUT2D eigenvalue weighted by Gasteiger charge is -2.17. The first-order valence-corrected chi connectivity index (χ1v) is 7.09. The monoisotopic (exact) mass is 311 g/mol. The van der Waals surface area contributed by atoms with E-state index in [9.17, 15) is 4.79 Å². The molecule has 0 bridgehead atoms. The highest BCUT2D eigenvalue weighted by molar-refractivity contribution is 9.10. The number of methoxy groups -OCH3 is 1. The molecule has 0 aromatic heterocycles. The zero-order valence-electron chi connectivity index (χ0n) is 10.6. The van der Waals surface area contributed by atoms with Crippen molar-refractivity contribution in [3.05, 3.63) is 27.2 Å². The first-order valence-electron chi connectivity index (χ1n) is 6.30. The minimum atomic E-state index is -0.0358. The Labute approximate surface area is 116 Å². The number of ketones is 1. The van der Waals surface area contributed by atoms with E-state index in [2.05, 4.69) is 22.0 Å². The molecule has 0 fully saturated rings. The molecule has 0 radical (unpaired) electrons. The summed E-state index contributed by atoms with van der Waals surface area (Å²) >= 11 is 3.49. The highest BCUT2D eigenvalue weighted by atomic mass is 79.9. The molecule has 18 heavy (non-hydrogen) atoms. The fraction of sp³-hybridized carbons (Fsp3) is 0.500. The van der Waals surface area contributed by atoms with Gasteiger partial charge in [-0.15, -0.1) is 0 Å². The maximum Gasteiger partial charge on any atom is 0.180 e. The van der Waals surface area contributed by atoms with Crippen molar-refractivity contribution >= 4 is 21.7 Å². The lowest BCUT2D eigenvalue weighted by atomic mass is 9.93. The van der Waals surface area contributed by atoms with E-state index in [-0.39, 0.29) is 12.3 Å².